The van der Waals surface area contributed by atoms with Gasteiger partial charge in [0.1, 0.15) is 11.9 Å². The van der Waals surface area contributed by atoms with E-state index in [1.54, 1.807) is 17.0 Å². The molecule has 3 N–H and O–H groups in total. The summed E-state index contributed by atoms with van der Waals surface area (Å²) in [6.07, 6.45) is 0.812. The zero-order chi connectivity index (χ0) is 15.5. The molecule has 1 heterocycles. The molecule has 2 rings (SSSR count). The van der Waals surface area contributed by atoms with E-state index in [0.29, 0.717) is 24.7 Å². The number of nitrogens with one attached hydrogen (secondary N) is 1. The van der Waals surface area contributed by atoms with Crippen LogP contribution in [-0.2, 0) is 0 Å². The Morgan fingerprint density at radius 1 is 1.57 bits per heavy atom. The Morgan fingerprint density at radius 3 is 3.00 bits per heavy atom. The van der Waals surface area contributed by atoms with Crippen molar-refractivity contribution in [3.8, 4) is 5.75 Å². The highest BCUT2D eigenvalue weighted by molar-refractivity contribution is 6.30. The molecule has 0 bridgehead atoms. The second-order valence-corrected chi connectivity index (χ2v) is 6.52. The summed E-state index contributed by atoms with van der Waals surface area (Å²) < 4.78 is 5.85. The fourth-order valence-electron chi connectivity index (χ4n) is 2.16. The molecule has 0 spiro atoms. The Bertz CT molecular complexity index is 502. The van der Waals surface area contributed by atoms with Gasteiger partial charge >= 0.3 is 6.03 Å². The topological polar surface area (TPSA) is 67.6 Å². The summed E-state index contributed by atoms with van der Waals surface area (Å²) in [7, 11) is 0. The van der Waals surface area contributed by atoms with Crippen molar-refractivity contribution in [2.75, 3.05) is 19.6 Å². The van der Waals surface area contributed by atoms with Gasteiger partial charge < -0.3 is 20.7 Å². The average Bonchev–Trinajstić information content (AvgIpc) is 2.83. The van der Waals surface area contributed by atoms with Crippen molar-refractivity contribution >= 4 is 17.6 Å². The van der Waals surface area contributed by atoms with Gasteiger partial charge in [0.25, 0.3) is 0 Å². The van der Waals surface area contributed by atoms with Gasteiger partial charge in [0.2, 0.25) is 0 Å². The van der Waals surface area contributed by atoms with E-state index in [9.17, 15) is 4.79 Å². The van der Waals surface area contributed by atoms with E-state index in [2.05, 4.69) is 5.32 Å². The highest BCUT2D eigenvalue weighted by atomic mass is 35.5. The second-order valence-electron chi connectivity index (χ2n) is 6.08. The predicted octanol–water partition coefficient (Wildman–Crippen LogP) is 2.24. The monoisotopic (exact) mass is 311 g/mol. The number of likely N-dealkylation sites (tertiary alicyclic amines) is 1. The van der Waals surface area contributed by atoms with Crippen LogP contribution in [0.2, 0.25) is 5.02 Å². The number of carbonyl (C=O) groups is 1. The van der Waals surface area contributed by atoms with Crippen LogP contribution in [0.5, 0.6) is 5.75 Å². The van der Waals surface area contributed by atoms with E-state index in [-0.39, 0.29) is 12.1 Å². The minimum absolute atomic E-state index is 0.0000957. The van der Waals surface area contributed by atoms with Gasteiger partial charge in [-0.2, -0.15) is 0 Å². The molecule has 1 aromatic carbocycles. The third-order valence-electron chi connectivity index (χ3n) is 3.23. The molecule has 21 heavy (non-hydrogen) atoms. The highest BCUT2D eigenvalue weighted by Crippen LogP contribution is 2.21. The van der Waals surface area contributed by atoms with Gasteiger partial charge in [-0.15, -0.1) is 0 Å². The Balaban J connectivity index is 1.82. The largest absolute Gasteiger partial charge is 0.488 e. The number of amides is 2. The number of halogens is 1. The van der Waals surface area contributed by atoms with E-state index in [4.69, 9.17) is 22.1 Å². The highest BCUT2D eigenvalue weighted by Gasteiger charge is 2.28. The van der Waals surface area contributed by atoms with E-state index in [1.807, 2.05) is 26.0 Å². The number of hydrogen-bond acceptors (Lipinski definition) is 3. The van der Waals surface area contributed by atoms with Crippen molar-refractivity contribution in [3.63, 3.8) is 0 Å². The zero-order valence-electron chi connectivity index (χ0n) is 12.4. The predicted molar refractivity (Wildman–Crippen MR) is 83.7 cm³/mol. The van der Waals surface area contributed by atoms with Crippen LogP contribution in [-0.4, -0.2) is 42.2 Å². The van der Waals surface area contributed by atoms with Gasteiger partial charge in [-0.3, -0.25) is 0 Å². The van der Waals surface area contributed by atoms with E-state index < -0.39 is 5.54 Å². The summed E-state index contributed by atoms with van der Waals surface area (Å²) in [6, 6.07) is 7.20. The van der Waals surface area contributed by atoms with Crippen LogP contribution in [0.25, 0.3) is 0 Å². The Kier molecular flexibility index (Phi) is 4.96. The lowest BCUT2D eigenvalue weighted by atomic mass is 10.1. The molecule has 0 aromatic heterocycles. The first-order valence-electron chi connectivity index (χ1n) is 7.07. The third kappa shape index (κ3) is 5.10. The lowest BCUT2D eigenvalue weighted by Gasteiger charge is -2.22. The van der Waals surface area contributed by atoms with Crippen LogP contribution in [0, 0.1) is 0 Å². The summed E-state index contributed by atoms with van der Waals surface area (Å²) in [5, 5.41) is 3.49. The van der Waals surface area contributed by atoms with Crippen molar-refractivity contribution in [1.82, 2.24) is 10.2 Å². The van der Waals surface area contributed by atoms with Crippen molar-refractivity contribution < 1.29 is 9.53 Å². The number of carbonyl (C=O) groups excluding carboxylic acids is 1. The number of nitrogens with zero attached hydrogens (tertiary/aromatic N) is 1. The van der Waals surface area contributed by atoms with E-state index in [1.165, 1.54) is 0 Å². The van der Waals surface area contributed by atoms with Crippen LogP contribution in [0.1, 0.15) is 20.3 Å². The molecule has 1 unspecified atom stereocenters. The van der Waals surface area contributed by atoms with Gasteiger partial charge in [0, 0.05) is 30.1 Å². The average molecular weight is 312 g/mol. The molecule has 0 radical (unpaired) electrons. The molecule has 1 aliphatic heterocycles. The Labute approximate surface area is 130 Å². The number of hydrogen-bond donors (Lipinski definition) is 2. The molecule has 6 heteroatoms. The molecule has 1 saturated heterocycles. The summed E-state index contributed by atoms with van der Waals surface area (Å²) in [5.74, 6) is 0.734. The number of nitrogens with two attached hydrogens (primary N) is 1. The zero-order valence-corrected chi connectivity index (χ0v) is 13.2. The van der Waals surface area contributed by atoms with Gasteiger partial charge in [-0.25, -0.2) is 4.79 Å². The van der Waals surface area contributed by atoms with Gasteiger partial charge in [-0.05, 0) is 32.0 Å². The van der Waals surface area contributed by atoms with E-state index in [0.717, 1.165) is 12.2 Å². The quantitative estimate of drug-likeness (QED) is 0.896. The third-order valence-corrected chi connectivity index (χ3v) is 3.46. The first kappa shape index (κ1) is 15.9. The molecule has 2 amide bonds. The summed E-state index contributed by atoms with van der Waals surface area (Å²) in [4.78, 5) is 13.8. The Morgan fingerprint density at radius 2 is 2.33 bits per heavy atom. The maximum absolute atomic E-state index is 12.0. The molecular weight excluding hydrogens is 290 g/mol. The van der Waals surface area contributed by atoms with Gasteiger partial charge in [-0.1, -0.05) is 17.7 Å². The van der Waals surface area contributed by atoms with Crippen LogP contribution >= 0.6 is 11.6 Å². The van der Waals surface area contributed by atoms with Crippen LogP contribution < -0.4 is 15.8 Å². The summed E-state index contributed by atoms with van der Waals surface area (Å²) >= 11 is 5.93. The fourth-order valence-corrected chi connectivity index (χ4v) is 2.34. The number of rotatable bonds is 4. The second kappa shape index (κ2) is 6.54. The first-order chi connectivity index (χ1) is 9.83. The molecule has 1 atom stereocenters. The first-order valence-corrected chi connectivity index (χ1v) is 7.45. The minimum atomic E-state index is -0.411. The summed E-state index contributed by atoms with van der Waals surface area (Å²) in [6.45, 7) is 5.46. The van der Waals surface area contributed by atoms with E-state index >= 15 is 0 Å². The van der Waals surface area contributed by atoms with Crippen LogP contribution in [0.3, 0.4) is 0 Å². The Hall–Kier alpha value is -1.46. The molecule has 5 nitrogen and oxygen atoms in total. The molecule has 1 aromatic rings. The number of benzene rings is 1. The fraction of sp³-hybridized carbons (Fsp3) is 0.533. The van der Waals surface area contributed by atoms with Crippen molar-refractivity contribution in [1.29, 1.82) is 0 Å². The summed E-state index contributed by atoms with van der Waals surface area (Å²) in [5.41, 5.74) is 5.44. The lowest BCUT2D eigenvalue weighted by molar-refractivity contribution is 0.185. The molecular formula is C15H22ClN3O2. The standard InChI is InChI=1S/C15H22ClN3O2/c1-15(2,17)10-18-14(20)19-7-6-13(9-19)21-12-5-3-4-11(16)8-12/h3-5,8,13H,6-7,9-10,17H2,1-2H3,(H,18,20). The SMILES string of the molecule is CC(C)(N)CNC(=O)N1CCC(Oc2cccc(Cl)c2)C1. The normalized spacial score (nSPS) is 18.7. The number of ether oxygens (including phenoxy) is 1. The lowest BCUT2D eigenvalue weighted by Crippen LogP contribution is -2.49. The maximum atomic E-state index is 12.0. The smallest absolute Gasteiger partial charge is 0.317 e. The van der Waals surface area contributed by atoms with Gasteiger partial charge in [0.05, 0.1) is 6.54 Å². The molecule has 1 fully saturated rings. The van der Waals surface area contributed by atoms with Crippen LogP contribution in [0.15, 0.2) is 24.3 Å². The van der Waals surface area contributed by atoms with Gasteiger partial charge in [0.15, 0.2) is 0 Å². The number of urea groups is 1. The maximum Gasteiger partial charge on any atom is 0.317 e. The molecule has 0 saturated carbocycles. The van der Waals surface area contributed by atoms with Crippen molar-refractivity contribution in [2.24, 2.45) is 5.73 Å². The van der Waals surface area contributed by atoms with Crippen molar-refractivity contribution in [2.45, 2.75) is 31.9 Å². The van der Waals surface area contributed by atoms with Crippen molar-refractivity contribution in [3.05, 3.63) is 29.3 Å². The van der Waals surface area contributed by atoms with Crippen LogP contribution in [0.4, 0.5) is 4.79 Å². The minimum Gasteiger partial charge on any atom is -0.488 e. The molecule has 116 valence electrons. The molecule has 0 aliphatic carbocycles. The molecule has 1 aliphatic rings.